The topological polar surface area (TPSA) is 64.3 Å². The van der Waals surface area contributed by atoms with Crippen LogP contribution in [0.4, 0.5) is 0 Å². The molecule has 1 aromatic carbocycles. The van der Waals surface area contributed by atoms with Gasteiger partial charge in [0.05, 0.1) is 0 Å². The average molecular weight is 252 g/mol. The molecule has 1 aromatic rings. The van der Waals surface area contributed by atoms with Gasteiger partial charge in [-0.2, -0.15) is 0 Å². The predicted molar refractivity (Wildman–Crippen MR) is 70.7 cm³/mol. The van der Waals surface area contributed by atoms with E-state index in [-0.39, 0.29) is 12.5 Å². The number of nitrogens with two attached hydrogens (primary N) is 1. The smallest absolute Gasteiger partial charge is 0.246 e. The van der Waals surface area contributed by atoms with Crippen LogP contribution in [0.3, 0.4) is 0 Å². The van der Waals surface area contributed by atoms with E-state index in [1.807, 2.05) is 31.2 Å². The van der Waals surface area contributed by atoms with Crippen molar-refractivity contribution in [2.24, 2.45) is 5.73 Å². The first-order valence-electron chi connectivity index (χ1n) is 5.36. The lowest BCUT2D eigenvalue weighted by atomic mass is 10.1. The van der Waals surface area contributed by atoms with Crippen molar-refractivity contribution in [3.8, 4) is 0 Å². The fourth-order valence-electron chi connectivity index (χ4n) is 1.23. The Labute approximate surface area is 106 Å². The number of rotatable bonds is 6. The lowest BCUT2D eigenvalue weighted by Crippen LogP contribution is -2.27. The molecule has 0 bridgehead atoms. The van der Waals surface area contributed by atoms with E-state index in [0.717, 1.165) is 11.1 Å². The standard InChI is InChI=1S/C12H16N2O2S/c1-2-16-8-11(15)14-7-9-3-5-10(6-4-9)12(13)17/h3-6H,2,7-8H2,1H3,(H2,13,17)(H,14,15). The van der Waals surface area contributed by atoms with Crippen molar-refractivity contribution >= 4 is 23.1 Å². The Morgan fingerprint density at radius 1 is 1.41 bits per heavy atom. The average Bonchev–Trinajstić information content (AvgIpc) is 2.34. The van der Waals surface area contributed by atoms with Crippen LogP contribution in [0.15, 0.2) is 24.3 Å². The molecule has 1 rings (SSSR count). The van der Waals surface area contributed by atoms with Gasteiger partial charge in [0, 0.05) is 18.7 Å². The minimum Gasteiger partial charge on any atom is -0.389 e. The number of amides is 1. The van der Waals surface area contributed by atoms with E-state index in [1.54, 1.807) is 0 Å². The fourth-order valence-corrected chi connectivity index (χ4v) is 1.37. The van der Waals surface area contributed by atoms with Crippen molar-refractivity contribution in [3.05, 3.63) is 35.4 Å². The Hall–Kier alpha value is -1.46. The van der Waals surface area contributed by atoms with E-state index in [2.05, 4.69) is 5.32 Å². The molecule has 5 heteroatoms. The monoisotopic (exact) mass is 252 g/mol. The van der Waals surface area contributed by atoms with Crippen molar-refractivity contribution < 1.29 is 9.53 Å². The zero-order valence-electron chi connectivity index (χ0n) is 9.73. The van der Waals surface area contributed by atoms with Gasteiger partial charge in [0.25, 0.3) is 0 Å². The van der Waals surface area contributed by atoms with Crippen LogP contribution in [0.1, 0.15) is 18.1 Å². The molecule has 0 aliphatic carbocycles. The summed E-state index contributed by atoms with van der Waals surface area (Å²) in [6.45, 7) is 2.96. The molecule has 0 aliphatic heterocycles. The summed E-state index contributed by atoms with van der Waals surface area (Å²) in [5.74, 6) is -0.120. The molecule has 4 nitrogen and oxygen atoms in total. The Morgan fingerprint density at radius 2 is 2.06 bits per heavy atom. The molecule has 0 radical (unpaired) electrons. The summed E-state index contributed by atoms with van der Waals surface area (Å²) in [6, 6.07) is 7.45. The maximum absolute atomic E-state index is 11.3. The lowest BCUT2D eigenvalue weighted by molar-refractivity contribution is -0.125. The van der Waals surface area contributed by atoms with Gasteiger partial charge < -0.3 is 15.8 Å². The van der Waals surface area contributed by atoms with Gasteiger partial charge in [0.2, 0.25) is 5.91 Å². The van der Waals surface area contributed by atoms with E-state index in [4.69, 9.17) is 22.7 Å². The van der Waals surface area contributed by atoms with Gasteiger partial charge in [-0.1, -0.05) is 36.5 Å². The van der Waals surface area contributed by atoms with Crippen LogP contribution in [-0.2, 0) is 16.1 Å². The Balaban J connectivity index is 2.42. The molecular weight excluding hydrogens is 236 g/mol. The second-order valence-electron chi connectivity index (χ2n) is 3.48. The fraction of sp³-hybridized carbons (Fsp3) is 0.333. The first kappa shape index (κ1) is 13.6. The van der Waals surface area contributed by atoms with Gasteiger partial charge in [0.1, 0.15) is 11.6 Å². The van der Waals surface area contributed by atoms with Crippen molar-refractivity contribution in [2.45, 2.75) is 13.5 Å². The van der Waals surface area contributed by atoms with Crippen LogP contribution in [-0.4, -0.2) is 24.1 Å². The van der Waals surface area contributed by atoms with Crippen molar-refractivity contribution in [1.29, 1.82) is 0 Å². The molecule has 0 aromatic heterocycles. The van der Waals surface area contributed by atoms with Gasteiger partial charge in [-0.25, -0.2) is 0 Å². The zero-order valence-corrected chi connectivity index (χ0v) is 10.5. The van der Waals surface area contributed by atoms with Gasteiger partial charge in [-0.3, -0.25) is 4.79 Å². The molecule has 0 heterocycles. The third-order valence-electron chi connectivity index (χ3n) is 2.17. The summed E-state index contributed by atoms with van der Waals surface area (Å²) in [4.78, 5) is 11.6. The summed E-state index contributed by atoms with van der Waals surface area (Å²) < 4.78 is 4.99. The molecular formula is C12H16N2O2S. The summed E-state index contributed by atoms with van der Waals surface area (Å²) in [5.41, 5.74) is 7.30. The first-order chi connectivity index (χ1) is 8.13. The van der Waals surface area contributed by atoms with Gasteiger partial charge in [-0.05, 0) is 12.5 Å². The highest BCUT2D eigenvalue weighted by Crippen LogP contribution is 2.04. The van der Waals surface area contributed by atoms with Crippen LogP contribution in [0.5, 0.6) is 0 Å². The molecule has 3 N–H and O–H groups in total. The van der Waals surface area contributed by atoms with Crippen molar-refractivity contribution in [2.75, 3.05) is 13.2 Å². The van der Waals surface area contributed by atoms with E-state index in [1.165, 1.54) is 0 Å². The number of hydrogen-bond donors (Lipinski definition) is 2. The Morgan fingerprint density at radius 3 is 2.59 bits per heavy atom. The van der Waals surface area contributed by atoms with E-state index >= 15 is 0 Å². The molecule has 0 saturated carbocycles. The van der Waals surface area contributed by atoms with Crippen molar-refractivity contribution in [1.82, 2.24) is 5.32 Å². The summed E-state index contributed by atoms with van der Waals surface area (Å²) in [5, 5.41) is 2.75. The number of thiocarbonyl (C=S) groups is 1. The zero-order chi connectivity index (χ0) is 12.7. The number of benzene rings is 1. The molecule has 1 amide bonds. The molecule has 0 unspecified atom stereocenters. The van der Waals surface area contributed by atoms with Gasteiger partial charge in [-0.15, -0.1) is 0 Å². The van der Waals surface area contributed by atoms with Gasteiger partial charge >= 0.3 is 0 Å². The SMILES string of the molecule is CCOCC(=O)NCc1ccc(C(N)=S)cc1. The van der Waals surface area contributed by atoms with E-state index in [0.29, 0.717) is 18.1 Å². The third kappa shape index (κ3) is 4.93. The molecule has 0 aliphatic rings. The predicted octanol–water partition coefficient (Wildman–Crippen LogP) is 0.974. The molecule has 0 atom stereocenters. The molecule has 17 heavy (non-hydrogen) atoms. The first-order valence-corrected chi connectivity index (χ1v) is 5.77. The summed E-state index contributed by atoms with van der Waals surface area (Å²) in [7, 11) is 0. The number of carbonyl (C=O) groups excluding carboxylic acids is 1. The van der Waals surface area contributed by atoms with Crippen LogP contribution in [0.2, 0.25) is 0 Å². The number of nitrogens with one attached hydrogen (secondary N) is 1. The molecule has 0 saturated heterocycles. The largest absolute Gasteiger partial charge is 0.389 e. The molecule has 92 valence electrons. The normalized spacial score (nSPS) is 9.94. The maximum Gasteiger partial charge on any atom is 0.246 e. The quantitative estimate of drug-likeness (QED) is 0.741. The Bertz CT molecular complexity index is 390. The van der Waals surface area contributed by atoms with Crippen LogP contribution < -0.4 is 11.1 Å². The number of hydrogen-bond acceptors (Lipinski definition) is 3. The van der Waals surface area contributed by atoms with Crippen LogP contribution in [0.25, 0.3) is 0 Å². The van der Waals surface area contributed by atoms with Crippen LogP contribution >= 0.6 is 12.2 Å². The maximum atomic E-state index is 11.3. The van der Waals surface area contributed by atoms with E-state index in [9.17, 15) is 4.79 Å². The second-order valence-corrected chi connectivity index (χ2v) is 3.91. The highest BCUT2D eigenvalue weighted by Gasteiger charge is 2.01. The minimum atomic E-state index is -0.120. The number of ether oxygens (including phenoxy) is 1. The van der Waals surface area contributed by atoms with Crippen molar-refractivity contribution in [3.63, 3.8) is 0 Å². The third-order valence-corrected chi connectivity index (χ3v) is 2.40. The highest BCUT2D eigenvalue weighted by atomic mass is 32.1. The van der Waals surface area contributed by atoms with Gasteiger partial charge in [0.15, 0.2) is 0 Å². The second kappa shape index (κ2) is 6.98. The lowest BCUT2D eigenvalue weighted by Gasteiger charge is -2.06. The summed E-state index contributed by atoms with van der Waals surface area (Å²) >= 11 is 4.85. The summed E-state index contributed by atoms with van der Waals surface area (Å²) in [6.07, 6.45) is 0. The molecule has 0 spiro atoms. The Kier molecular flexibility index (Phi) is 5.59. The van der Waals surface area contributed by atoms with Crippen LogP contribution in [0, 0.1) is 0 Å². The number of carbonyl (C=O) groups is 1. The molecule has 0 fully saturated rings. The minimum absolute atomic E-state index is 0.0987. The van der Waals surface area contributed by atoms with E-state index < -0.39 is 0 Å². The highest BCUT2D eigenvalue weighted by molar-refractivity contribution is 7.80.